The van der Waals surface area contributed by atoms with Gasteiger partial charge < -0.3 is 68.0 Å². The number of likely N-dealkylation sites (N-methyl/N-ethyl adjacent to an activating group) is 2. The summed E-state index contributed by atoms with van der Waals surface area (Å²) in [5, 5.41) is 40.4. The van der Waals surface area contributed by atoms with Crippen molar-refractivity contribution in [3.05, 3.63) is 213 Å². The van der Waals surface area contributed by atoms with Crippen molar-refractivity contribution in [1.29, 1.82) is 0 Å². The lowest BCUT2D eigenvalue weighted by atomic mass is 10.2. The number of carbonyl (C=O) groups excluding carboxylic acids is 7. The molecule has 6 saturated heterocycles. The molecule has 41 nitrogen and oxygen atoms in total. The monoisotopic (exact) mass is 2150 g/mol. The van der Waals surface area contributed by atoms with Crippen molar-refractivity contribution in [3.8, 4) is 46.0 Å². The molecule has 143 heavy (non-hydrogen) atoms. The second-order valence-corrected chi connectivity index (χ2v) is 41.0. The first-order chi connectivity index (χ1) is 67.8. The van der Waals surface area contributed by atoms with E-state index < -0.39 is 208 Å². The van der Waals surface area contributed by atoms with Crippen molar-refractivity contribution < 1.29 is 156 Å². The summed E-state index contributed by atoms with van der Waals surface area (Å²) >= 11 is 17.4. The molecule has 4 atom stereocenters. The van der Waals surface area contributed by atoms with Gasteiger partial charge in [0.05, 0.1) is 26.2 Å². The van der Waals surface area contributed by atoms with Crippen molar-refractivity contribution in [1.82, 2.24) is 78.8 Å². The number of carbonyl (C=O) groups is 7. The van der Waals surface area contributed by atoms with Crippen LogP contribution in [-0.2, 0) is 68.7 Å². The first-order valence-electron chi connectivity index (χ1n) is 42.9. The zero-order chi connectivity index (χ0) is 104. The number of benzene rings is 8. The summed E-state index contributed by atoms with van der Waals surface area (Å²) in [6, 6.07) is 19.0. The van der Waals surface area contributed by atoms with Crippen molar-refractivity contribution in [2.45, 2.75) is 56.6 Å². The molecule has 6 aliphatic heterocycles. The first-order valence-corrected chi connectivity index (χ1v) is 49.8. The Hall–Kier alpha value is -11.8. The van der Waals surface area contributed by atoms with Crippen LogP contribution in [0.4, 0.5) is 53.9 Å². The van der Waals surface area contributed by atoms with E-state index in [-0.39, 0.29) is 108 Å². The SMILES string of the molecule is CN1CCN(C(=O)N2CCN(S(=O)(=O)c3cc(F)c(Oc4ccc(Cl)cc4)c(F)c3)[C@@H](C(=O)NO)C2)CC1.CN1CCN(S(=O)(=O)c2cc(F)c(Oc3ccc(F)cc3)c(F)c2)[C@@H](C(=O)NO)C1.COCCOC(=O)N1CCN(S(=O)(=O)c2cc(F)c(Oc3ccc(Cl)cc3)c(F)c2)[C@@H](C(=O)NO)C1.O=C(NO)[C@H]1CN(C(=O)NCCN2CCCC2)CCN1S(=O)(=O)c1cc(F)c(Oc2ccc(Cl)cc2)c(F)c1. The summed E-state index contributed by atoms with van der Waals surface area (Å²) in [4.78, 5) is 95.1. The predicted molar refractivity (Wildman–Crippen MR) is 486 cm³/mol. The number of methoxy groups -OCH3 is 1. The van der Waals surface area contributed by atoms with E-state index in [0.717, 1.165) is 59.4 Å². The molecule has 6 aliphatic rings. The van der Waals surface area contributed by atoms with E-state index in [1.807, 2.05) is 7.05 Å². The lowest BCUT2D eigenvalue weighted by Gasteiger charge is -2.42. The molecule has 6 fully saturated rings. The van der Waals surface area contributed by atoms with Crippen LogP contribution in [0.2, 0.25) is 15.1 Å². The quantitative estimate of drug-likeness (QED) is 0.0106. The van der Waals surface area contributed by atoms with Crippen LogP contribution < -0.4 is 46.2 Å². The molecule has 0 aromatic heterocycles. The normalized spacial score (nSPS) is 18.2. The number of hydrogen-bond donors (Lipinski definition) is 9. The van der Waals surface area contributed by atoms with Crippen LogP contribution in [0, 0.1) is 52.4 Å². The number of halogens is 12. The van der Waals surface area contributed by atoms with Crippen molar-refractivity contribution in [3.63, 3.8) is 0 Å². The average molecular weight is 2160 g/mol. The van der Waals surface area contributed by atoms with E-state index in [1.165, 1.54) is 112 Å². The Morgan fingerprint density at radius 1 is 0.357 bits per heavy atom. The third-order valence-corrected chi connectivity index (χ3v) is 30.9. The van der Waals surface area contributed by atoms with Gasteiger partial charge in [-0.3, -0.25) is 40.0 Å². The molecule has 0 spiro atoms. The van der Waals surface area contributed by atoms with E-state index in [2.05, 4.69) is 15.1 Å². The Kier molecular flexibility index (Phi) is 38.7. The Morgan fingerprint density at radius 2 is 0.636 bits per heavy atom. The molecule has 8 aromatic carbocycles. The number of hydrogen-bond acceptors (Lipinski definition) is 28. The maximum absolute atomic E-state index is 14.8. The van der Waals surface area contributed by atoms with E-state index in [4.69, 9.17) is 73.6 Å². The van der Waals surface area contributed by atoms with Crippen molar-refractivity contribution in [2.75, 3.05) is 165 Å². The average Bonchev–Trinajstić information content (AvgIpc) is 0.915. The molecular formula is C86H94Cl3F9N16O25S4. The van der Waals surface area contributed by atoms with Gasteiger partial charge in [-0.25, -0.2) is 109 Å². The maximum Gasteiger partial charge on any atom is 0.409 e. The fourth-order valence-corrected chi connectivity index (χ4v) is 21.9. The summed E-state index contributed by atoms with van der Waals surface area (Å²) in [7, 11) is -13.4. The topological polar surface area (TPSA) is 488 Å². The van der Waals surface area contributed by atoms with Crippen LogP contribution in [0.5, 0.6) is 46.0 Å². The summed E-state index contributed by atoms with van der Waals surface area (Å²) in [5.41, 5.74) is 5.57. The highest BCUT2D eigenvalue weighted by Crippen LogP contribution is 2.39. The minimum absolute atomic E-state index is 0.0254. The Morgan fingerprint density at radius 3 is 0.965 bits per heavy atom. The fraction of sp³-hybridized carbons (Fsp3) is 0.360. The summed E-state index contributed by atoms with van der Waals surface area (Å²) < 4.78 is 270. The second-order valence-electron chi connectivity index (χ2n) is 32.1. The maximum atomic E-state index is 14.8. The molecule has 0 unspecified atom stereocenters. The summed E-state index contributed by atoms with van der Waals surface area (Å²) in [6.45, 7) is 2.66. The lowest BCUT2D eigenvalue weighted by Crippen LogP contribution is -2.63. The summed E-state index contributed by atoms with van der Waals surface area (Å²) in [6.07, 6.45) is 1.38. The van der Waals surface area contributed by atoms with Crippen LogP contribution in [0.3, 0.4) is 0 Å². The molecular weight excluding hydrogens is 2060 g/mol. The van der Waals surface area contributed by atoms with Gasteiger partial charge >= 0.3 is 18.2 Å². The summed E-state index contributed by atoms with van der Waals surface area (Å²) in [5.74, 6) is -18.5. The van der Waals surface area contributed by atoms with Crippen LogP contribution >= 0.6 is 34.8 Å². The van der Waals surface area contributed by atoms with Crippen molar-refractivity contribution in [2.24, 2.45) is 0 Å². The Balaban J connectivity index is 0.000000183. The molecule has 9 amide bonds. The van der Waals surface area contributed by atoms with Crippen LogP contribution in [0.25, 0.3) is 0 Å². The van der Waals surface area contributed by atoms with Gasteiger partial charge in [-0.1, -0.05) is 34.8 Å². The Labute approximate surface area is 827 Å². The number of piperazine rings is 5. The fourth-order valence-electron chi connectivity index (χ4n) is 15.1. The molecule has 0 saturated carbocycles. The number of sulfonamides is 4. The lowest BCUT2D eigenvalue weighted by molar-refractivity contribution is -0.135. The molecule has 0 radical (unpaired) electrons. The van der Waals surface area contributed by atoms with E-state index in [0.29, 0.717) is 116 Å². The minimum atomic E-state index is -4.67. The predicted octanol–water partition coefficient (Wildman–Crippen LogP) is 8.43. The molecule has 57 heteroatoms. The number of nitrogens with one attached hydrogen (secondary N) is 5. The van der Waals surface area contributed by atoms with E-state index in [9.17, 15) is 117 Å². The number of hydroxylamine groups is 4. The van der Waals surface area contributed by atoms with Crippen LogP contribution in [0.15, 0.2) is 165 Å². The van der Waals surface area contributed by atoms with Crippen LogP contribution in [-0.4, -0.2) is 337 Å². The van der Waals surface area contributed by atoms with Gasteiger partial charge in [-0.2, -0.15) is 17.2 Å². The van der Waals surface area contributed by atoms with Gasteiger partial charge in [-0.05, 0) is 186 Å². The highest BCUT2D eigenvalue weighted by molar-refractivity contribution is 7.90. The molecule has 9 N–H and O–H groups in total. The third-order valence-electron chi connectivity index (χ3n) is 22.6. The molecule has 0 aliphatic carbocycles. The first kappa shape index (κ1) is 112. The van der Waals surface area contributed by atoms with E-state index >= 15 is 0 Å². The third kappa shape index (κ3) is 28.1. The zero-order valence-electron chi connectivity index (χ0n) is 75.6. The van der Waals surface area contributed by atoms with Gasteiger partial charge in [0.25, 0.3) is 23.6 Å². The van der Waals surface area contributed by atoms with Crippen LogP contribution in [0.1, 0.15) is 12.8 Å². The van der Waals surface area contributed by atoms with Gasteiger partial charge in [-0.15, -0.1) is 0 Å². The Bertz CT molecular complexity index is 6310. The van der Waals surface area contributed by atoms with Gasteiger partial charge in [0.15, 0.2) is 69.5 Å². The number of nitrogens with zero attached hydrogens (tertiary/aromatic N) is 11. The molecule has 776 valence electrons. The number of urea groups is 2. The number of amides is 9. The molecule has 6 heterocycles. The molecule has 8 aromatic rings. The van der Waals surface area contributed by atoms with Gasteiger partial charge in [0.1, 0.15) is 59.6 Å². The smallest absolute Gasteiger partial charge is 0.409 e. The standard InChI is InChI=1S/C24H28ClF2N5O6S.C23H26ClF2N5O6S.C21H22ClF2N3O8S.C18H18F3N3O5S/c25-16-3-5-17(6-4-16)38-22-19(26)13-18(14-20(22)27)39(36,37)32-12-11-31(15-21(32)23(33)29-35)24(34)28-7-10-30-8-1-2-9-30;1-28-6-8-29(9-7-28)23(33)30-10-11-31(20(14-30)22(32)27-34)38(35,36)17-12-18(25)21(19(26)13-17)37-16-4-2-15(24)3-5-16;1-33-8-9-34-21(29)26-6-7-27(18(12-26)20(28)25-30)36(31,32)15-10-16(23)19(17(24)11-15)35-14-4-2-13(22)3-5-14;1-23-6-7-24(16(10-23)18(25)22-26)30(27,28)13-8-14(20)17(15(21)9-13)29-12-4-2-11(19)3-5-12/h3-6,13-14,21,35H,1-2,7-12,15H2,(H,28,34)(H,29,33);2-5,12-13,20,34H,6-11,14H2,1H3,(H,27,32);2-5,10-11,18,30H,6-9,12H2,1H3,(H,25,28);2-5,8-9,16,26H,6-7,10H2,1H3,(H,22,25)/t21-;20-;18-;16-/m1111/s1. The highest BCUT2D eigenvalue weighted by Gasteiger charge is 2.48. The number of likely N-dealkylation sites (tertiary alicyclic amines) is 1. The number of rotatable bonds is 26. The zero-order valence-corrected chi connectivity index (χ0v) is 81.1. The largest absolute Gasteiger partial charge is 0.451 e. The highest BCUT2D eigenvalue weighted by atomic mass is 35.5. The van der Waals surface area contributed by atoms with E-state index in [1.54, 1.807) is 16.8 Å². The number of ether oxygens (including phenoxy) is 6. The minimum Gasteiger partial charge on any atom is -0.451 e. The molecule has 0 bridgehead atoms. The van der Waals surface area contributed by atoms with Gasteiger partial charge in [0.2, 0.25) is 40.1 Å². The second kappa shape index (κ2) is 49.7. The van der Waals surface area contributed by atoms with Crippen molar-refractivity contribution >= 4 is 117 Å². The molecule has 14 rings (SSSR count). The van der Waals surface area contributed by atoms with Gasteiger partial charge in [0, 0.05) is 140 Å².